The molecule has 0 spiro atoms. The minimum absolute atomic E-state index is 0.0814. The SMILES string of the molecule is COc1c(Cl)cc(Cl)cc1OC(C)C1CCCN1C1CCCCC1. The van der Waals surface area contributed by atoms with E-state index in [-0.39, 0.29) is 6.10 Å². The summed E-state index contributed by atoms with van der Waals surface area (Å²) in [5, 5.41) is 1.06. The lowest BCUT2D eigenvalue weighted by Gasteiger charge is -2.38. The summed E-state index contributed by atoms with van der Waals surface area (Å²) in [5.74, 6) is 1.20. The van der Waals surface area contributed by atoms with Gasteiger partial charge in [0.05, 0.1) is 12.1 Å². The average Bonchev–Trinajstić information content (AvgIpc) is 3.05. The van der Waals surface area contributed by atoms with Crippen LogP contribution in [0.1, 0.15) is 51.9 Å². The number of benzene rings is 1. The lowest BCUT2D eigenvalue weighted by molar-refractivity contribution is 0.0613. The maximum Gasteiger partial charge on any atom is 0.179 e. The molecule has 0 amide bonds. The van der Waals surface area contributed by atoms with Crippen LogP contribution in [0.3, 0.4) is 0 Å². The molecule has 1 aliphatic carbocycles. The molecule has 0 radical (unpaired) electrons. The third-order valence-corrected chi connectivity index (χ3v) is 5.92. The summed E-state index contributed by atoms with van der Waals surface area (Å²) in [7, 11) is 1.61. The van der Waals surface area contributed by atoms with Crippen molar-refractivity contribution in [2.24, 2.45) is 0 Å². The van der Waals surface area contributed by atoms with Gasteiger partial charge < -0.3 is 9.47 Å². The quantitative estimate of drug-likeness (QED) is 0.675. The summed E-state index contributed by atoms with van der Waals surface area (Å²) in [6, 6.07) is 4.66. The van der Waals surface area contributed by atoms with E-state index in [1.165, 1.54) is 51.5 Å². The molecule has 1 saturated carbocycles. The predicted molar refractivity (Wildman–Crippen MR) is 99.7 cm³/mol. The predicted octanol–water partition coefficient (Wildman–Crippen LogP) is 5.57. The van der Waals surface area contributed by atoms with Gasteiger partial charge in [0.25, 0.3) is 0 Å². The monoisotopic (exact) mass is 371 g/mol. The van der Waals surface area contributed by atoms with Gasteiger partial charge in [-0.2, -0.15) is 0 Å². The molecule has 3 rings (SSSR count). The Hall–Kier alpha value is -0.640. The highest BCUT2D eigenvalue weighted by molar-refractivity contribution is 6.35. The first-order valence-electron chi connectivity index (χ1n) is 9.05. The van der Waals surface area contributed by atoms with Gasteiger partial charge >= 0.3 is 0 Å². The van der Waals surface area contributed by atoms with Gasteiger partial charge in [0.2, 0.25) is 0 Å². The van der Waals surface area contributed by atoms with Gasteiger partial charge in [0.15, 0.2) is 11.5 Å². The summed E-state index contributed by atoms with van der Waals surface area (Å²) in [6.45, 7) is 3.34. The molecule has 2 fully saturated rings. The molecule has 134 valence electrons. The topological polar surface area (TPSA) is 21.7 Å². The van der Waals surface area contributed by atoms with E-state index < -0.39 is 0 Å². The molecule has 1 aromatic rings. The number of methoxy groups -OCH3 is 1. The molecule has 24 heavy (non-hydrogen) atoms. The van der Waals surface area contributed by atoms with Crippen LogP contribution in [-0.4, -0.2) is 36.7 Å². The van der Waals surface area contributed by atoms with E-state index in [9.17, 15) is 0 Å². The van der Waals surface area contributed by atoms with Crippen molar-refractivity contribution < 1.29 is 9.47 Å². The van der Waals surface area contributed by atoms with Crippen molar-refractivity contribution in [3.05, 3.63) is 22.2 Å². The maximum absolute atomic E-state index is 6.27. The van der Waals surface area contributed by atoms with Gasteiger partial charge in [-0.15, -0.1) is 0 Å². The van der Waals surface area contributed by atoms with Crippen LogP contribution >= 0.6 is 23.2 Å². The molecule has 2 unspecified atom stereocenters. The van der Waals surface area contributed by atoms with Crippen molar-refractivity contribution in [2.75, 3.05) is 13.7 Å². The van der Waals surface area contributed by atoms with Crippen LogP contribution in [-0.2, 0) is 0 Å². The Labute approximate surface area is 155 Å². The Bertz CT molecular complexity index is 561. The zero-order chi connectivity index (χ0) is 17.1. The first kappa shape index (κ1) is 18.2. The van der Waals surface area contributed by atoms with Crippen molar-refractivity contribution in [3.63, 3.8) is 0 Å². The van der Waals surface area contributed by atoms with E-state index >= 15 is 0 Å². The summed E-state index contributed by atoms with van der Waals surface area (Å²) in [6.07, 6.45) is 9.29. The van der Waals surface area contributed by atoms with E-state index in [4.69, 9.17) is 32.7 Å². The van der Waals surface area contributed by atoms with Crippen LogP contribution in [0.25, 0.3) is 0 Å². The Kier molecular flexibility index (Phi) is 6.17. The van der Waals surface area contributed by atoms with Crippen LogP contribution in [0.5, 0.6) is 11.5 Å². The van der Waals surface area contributed by atoms with E-state index in [1.807, 2.05) is 0 Å². The fourth-order valence-electron chi connectivity index (χ4n) is 4.29. The average molecular weight is 372 g/mol. The Morgan fingerprint density at radius 1 is 1.08 bits per heavy atom. The molecule has 2 aliphatic rings. The standard InChI is InChI=1S/C19H27Cl2NO2/c1-13(24-18-12-14(20)11-16(21)19(18)23-2)17-9-6-10-22(17)15-7-4-3-5-8-15/h11-13,15,17H,3-10H2,1-2H3. The molecule has 1 saturated heterocycles. The fraction of sp³-hybridized carbons (Fsp3) is 0.684. The molecule has 0 N–H and O–H groups in total. The zero-order valence-electron chi connectivity index (χ0n) is 14.6. The van der Waals surface area contributed by atoms with Gasteiger partial charge in [-0.25, -0.2) is 0 Å². The van der Waals surface area contributed by atoms with E-state index in [0.29, 0.717) is 27.6 Å². The lowest BCUT2D eigenvalue weighted by Crippen LogP contribution is -2.46. The minimum Gasteiger partial charge on any atom is -0.491 e. The Morgan fingerprint density at radius 2 is 1.83 bits per heavy atom. The van der Waals surface area contributed by atoms with E-state index in [1.54, 1.807) is 19.2 Å². The minimum atomic E-state index is 0.0814. The third-order valence-electron chi connectivity index (χ3n) is 5.42. The van der Waals surface area contributed by atoms with Crippen molar-refractivity contribution in [3.8, 4) is 11.5 Å². The van der Waals surface area contributed by atoms with Gasteiger partial charge in [-0.05, 0) is 45.2 Å². The van der Waals surface area contributed by atoms with Crippen LogP contribution in [0.15, 0.2) is 12.1 Å². The van der Waals surface area contributed by atoms with Crippen LogP contribution in [0.4, 0.5) is 0 Å². The summed E-state index contributed by atoms with van der Waals surface area (Å²) < 4.78 is 11.7. The highest BCUT2D eigenvalue weighted by Gasteiger charge is 2.35. The first-order chi connectivity index (χ1) is 11.6. The summed E-state index contributed by atoms with van der Waals surface area (Å²) in [5.41, 5.74) is 0. The smallest absolute Gasteiger partial charge is 0.179 e. The van der Waals surface area contributed by atoms with Crippen LogP contribution in [0.2, 0.25) is 10.0 Å². The number of nitrogens with zero attached hydrogens (tertiary/aromatic N) is 1. The number of rotatable bonds is 5. The number of halogens is 2. The number of ether oxygens (including phenoxy) is 2. The van der Waals surface area contributed by atoms with Crippen molar-refractivity contribution in [2.45, 2.75) is 70.1 Å². The maximum atomic E-state index is 6.27. The van der Waals surface area contributed by atoms with Gasteiger partial charge in [-0.3, -0.25) is 4.90 Å². The molecular formula is C19H27Cl2NO2. The number of likely N-dealkylation sites (tertiary alicyclic amines) is 1. The first-order valence-corrected chi connectivity index (χ1v) is 9.81. The summed E-state index contributed by atoms with van der Waals surface area (Å²) >= 11 is 12.4. The Morgan fingerprint density at radius 3 is 2.54 bits per heavy atom. The highest BCUT2D eigenvalue weighted by atomic mass is 35.5. The molecule has 1 aliphatic heterocycles. The largest absolute Gasteiger partial charge is 0.491 e. The van der Waals surface area contributed by atoms with Gasteiger partial charge in [0.1, 0.15) is 6.10 Å². The van der Waals surface area contributed by atoms with Crippen molar-refractivity contribution in [1.29, 1.82) is 0 Å². The molecule has 1 aromatic carbocycles. The fourth-order valence-corrected chi connectivity index (χ4v) is 4.84. The molecule has 2 atom stereocenters. The second-order valence-corrected chi connectivity index (χ2v) is 7.82. The number of hydrogen-bond donors (Lipinski definition) is 0. The summed E-state index contributed by atoms with van der Waals surface area (Å²) in [4.78, 5) is 2.68. The molecule has 0 aromatic heterocycles. The Balaban J connectivity index is 1.73. The van der Waals surface area contributed by atoms with Crippen LogP contribution < -0.4 is 9.47 Å². The normalized spacial score (nSPS) is 24.1. The van der Waals surface area contributed by atoms with Crippen molar-refractivity contribution in [1.82, 2.24) is 4.90 Å². The van der Waals surface area contributed by atoms with Crippen molar-refractivity contribution >= 4 is 23.2 Å². The van der Waals surface area contributed by atoms with E-state index in [2.05, 4.69) is 11.8 Å². The molecule has 3 nitrogen and oxygen atoms in total. The second kappa shape index (κ2) is 8.16. The number of hydrogen-bond acceptors (Lipinski definition) is 3. The van der Waals surface area contributed by atoms with Gasteiger partial charge in [-0.1, -0.05) is 42.5 Å². The zero-order valence-corrected chi connectivity index (χ0v) is 16.1. The van der Waals surface area contributed by atoms with E-state index in [0.717, 1.165) is 6.04 Å². The molecule has 0 bridgehead atoms. The molecule has 1 heterocycles. The third kappa shape index (κ3) is 3.95. The molecule has 5 heteroatoms. The highest BCUT2D eigenvalue weighted by Crippen LogP contribution is 2.39. The van der Waals surface area contributed by atoms with Crippen LogP contribution in [0, 0.1) is 0 Å². The van der Waals surface area contributed by atoms with Gasteiger partial charge in [0, 0.05) is 23.2 Å². The second-order valence-electron chi connectivity index (χ2n) is 6.98. The lowest BCUT2D eigenvalue weighted by atomic mass is 9.93. The molecular weight excluding hydrogens is 345 g/mol.